The van der Waals surface area contributed by atoms with Gasteiger partial charge in [-0.05, 0) is 18.2 Å². The van der Waals surface area contributed by atoms with E-state index < -0.39 is 5.97 Å². The van der Waals surface area contributed by atoms with Crippen molar-refractivity contribution in [3.05, 3.63) is 23.8 Å². The molecule has 0 unspecified atom stereocenters. The van der Waals surface area contributed by atoms with E-state index in [0.29, 0.717) is 24.6 Å². The van der Waals surface area contributed by atoms with Gasteiger partial charge in [0.2, 0.25) is 5.91 Å². The largest absolute Gasteiger partial charge is 0.490 e. The zero-order valence-corrected chi connectivity index (χ0v) is 8.77. The number of anilines is 1. The molecular formula is C11H11NO4. The van der Waals surface area contributed by atoms with Gasteiger partial charge in [-0.2, -0.15) is 0 Å². The number of aromatic carboxylic acids is 1. The third-order valence-electron chi connectivity index (χ3n) is 2.45. The molecule has 1 amide bonds. The summed E-state index contributed by atoms with van der Waals surface area (Å²) in [4.78, 5) is 23.7. The summed E-state index contributed by atoms with van der Waals surface area (Å²) >= 11 is 0. The molecule has 2 rings (SSSR count). The van der Waals surface area contributed by atoms with Gasteiger partial charge >= 0.3 is 5.97 Å². The molecule has 0 radical (unpaired) electrons. The average Bonchev–Trinajstić information content (AvgIpc) is 2.27. The molecule has 1 aromatic carbocycles. The molecule has 0 saturated heterocycles. The molecule has 1 N–H and O–H groups in total. The lowest BCUT2D eigenvalue weighted by atomic mass is 10.1. The Bertz CT molecular complexity index is 455. The topological polar surface area (TPSA) is 66.8 Å². The highest BCUT2D eigenvalue weighted by Gasteiger charge is 2.22. The van der Waals surface area contributed by atoms with Crippen molar-refractivity contribution >= 4 is 17.6 Å². The Hall–Kier alpha value is -2.04. The molecule has 0 saturated carbocycles. The molecule has 5 nitrogen and oxygen atoms in total. The van der Waals surface area contributed by atoms with Gasteiger partial charge in [0, 0.05) is 6.92 Å². The number of nitrogens with zero attached hydrogens (tertiary/aromatic N) is 1. The van der Waals surface area contributed by atoms with E-state index in [1.165, 1.54) is 24.0 Å². The summed E-state index contributed by atoms with van der Waals surface area (Å²) in [5.41, 5.74) is 0.675. The van der Waals surface area contributed by atoms with Crippen LogP contribution in [0, 0.1) is 0 Å². The predicted molar refractivity (Wildman–Crippen MR) is 56.9 cm³/mol. The molecule has 1 aliphatic heterocycles. The third-order valence-corrected chi connectivity index (χ3v) is 2.45. The number of fused-ring (bicyclic) bond motifs is 1. The minimum Gasteiger partial charge on any atom is -0.490 e. The predicted octanol–water partition coefficient (Wildman–Crippen LogP) is 1.13. The number of carbonyl (C=O) groups is 2. The van der Waals surface area contributed by atoms with Crippen molar-refractivity contribution < 1.29 is 19.4 Å². The standard InChI is InChI=1S/C11H11NO4/c1-7(13)12-4-5-16-10-3-2-8(11(14)15)6-9(10)12/h2-3,6H,4-5H2,1H3,(H,14,15). The molecular weight excluding hydrogens is 210 g/mol. The van der Waals surface area contributed by atoms with E-state index in [4.69, 9.17) is 9.84 Å². The van der Waals surface area contributed by atoms with E-state index >= 15 is 0 Å². The van der Waals surface area contributed by atoms with E-state index in [1.807, 2.05) is 0 Å². The maximum atomic E-state index is 11.4. The van der Waals surface area contributed by atoms with Gasteiger partial charge in [-0.1, -0.05) is 0 Å². The minimum absolute atomic E-state index is 0.118. The minimum atomic E-state index is -1.02. The normalized spacial score (nSPS) is 13.9. The Balaban J connectivity index is 2.48. The van der Waals surface area contributed by atoms with Gasteiger partial charge in [-0.3, -0.25) is 4.79 Å². The molecule has 0 fully saturated rings. The fourth-order valence-electron chi connectivity index (χ4n) is 1.68. The third kappa shape index (κ3) is 1.71. The maximum absolute atomic E-state index is 11.4. The molecule has 0 aromatic heterocycles. The number of ether oxygens (including phenoxy) is 1. The van der Waals surface area contributed by atoms with Gasteiger partial charge < -0.3 is 14.7 Å². The van der Waals surface area contributed by atoms with Crippen molar-refractivity contribution in [3.8, 4) is 5.75 Å². The molecule has 0 bridgehead atoms. The molecule has 0 spiro atoms. The number of hydrogen-bond acceptors (Lipinski definition) is 3. The molecule has 16 heavy (non-hydrogen) atoms. The zero-order valence-electron chi connectivity index (χ0n) is 8.77. The van der Waals surface area contributed by atoms with Crippen LogP contribution in [0.15, 0.2) is 18.2 Å². The molecule has 1 aliphatic rings. The van der Waals surface area contributed by atoms with E-state index in [1.54, 1.807) is 6.07 Å². The van der Waals surface area contributed by atoms with Crippen molar-refractivity contribution in [1.29, 1.82) is 0 Å². The summed E-state index contributed by atoms with van der Waals surface area (Å²) in [7, 11) is 0. The van der Waals surface area contributed by atoms with E-state index in [2.05, 4.69) is 0 Å². The van der Waals surface area contributed by atoms with Gasteiger partial charge in [0.25, 0.3) is 0 Å². The van der Waals surface area contributed by atoms with Gasteiger partial charge in [0.15, 0.2) is 0 Å². The Morgan fingerprint density at radius 3 is 2.81 bits per heavy atom. The van der Waals surface area contributed by atoms with E-state index in [9.17, 15) is 9.59 Å². The zero-order chi connectivity index (χ0) is 11.7. The van der Waals surface area contributed by atoms with Crippen LogP contribution in [-0.4, -0.2) is 30.1 Å². The molecule has 0 aliphatic carbocycles. The van der Waals surface area contributed by atoms with Crippen molar-refractivity contribution in [1.82, 2.24) is 0 Å². The van der Waals surface area contributed by atoms with Gasteiger partial charge in [-0.25, -0.2) is 4.79 Å². The van der Waals surface area contributed by atoms with Crippen molar-refractivity contribution in [2.24, 2.45) is 0 Å². The Morgan fingerprint density at radius 1 is 1.44 bits per heavy atom. The number of benzene rings is 1. The van der Waals surface area contributed by atoms with Crippen molar-refractivity contribution in [2.75, 3.05) is 18.1 Å². The van der Waals surface area contributed by atoms with Gasteiger partial charge in [0.1, 0.15) is 12.4 Å². The number of carboxylic acid groups (broad SMARTS) is 1. The monoisotopic (exact) mass is 221 g/mol. The molecule has 5 heteroatoms. The van der Waals surface area contributed by atoms with Crippen LogP contribution < -0.4 is 9.64 Å². The summed E-state index contributed by atoms with van der Waals surface area (Å²) in [6, 6.07) is 4.50. The first-order chi connectivity index (χ1) is 7.59. The summed E-state index contributed by atoms with van der Waals surface area (Å²) in [6.45, 7) is 2.33. The Labute approximate surface area is 92.2 Å². The summed E-state index contributed by atoms with van der Waals surface area (Å²) < 4.78 is 5.35. The number of carboxylic acids is 1. The van der Waals surface area contributed by atoms with Crippen LogP contribution in [0.2, 0.25) is 0 Å². The Morgan fingerprint density at radius 2 is 2.19 bits per heavy atom. The molecule has 84 valence electrons. The number of carbonyl (C=O) groups excluding carboxylic acids is 1. The molecule has 0 atom stereocenters. The lowest BCUT2D eigenvalue weighted by Gasteiger charge is -2.28. The summed E-state index contributed by atoms with van der Waals surface area (Å²) in [6.07, 6.45) is 0. The van der Waals surface area contributed by atoms with Crippen molar-refractivity contribution in [2.45, 2.75) is 6.92 Å². The number of hydrogen-bond donors (Lipinski definition) is 1. The van der Waals surface area contributed by atoms with Crippen LogP contribution in [0.4, 0.5) is 5.69 Å². The van der Waals surface area contributed by atoms with Gasteiger partial charge in [-0.15, -0.1) is 0 Å². The van der Waals surface area contributed by atoms with Crippen LogP contribution in [0.5, 0.6) is 5.75 Å². The quantitative estimate of drug-likeness (QED) is 0.771. The van der Waals surface area contributed by atoms with E-state index in [-0.39, 0.29) is 11.5 Å². The first kappa shape index (κ1) is 10.5. The van der Waals surface area contributed by atoms with Crippen molar-refractivity contribution in [3.63, 3.8) is 0 Å². The van der Waals surface area contributed by atoms with Crippen LogP contribution in [0.3, 0.4) is 0 Å². The van der Waals surface area contributed by atoms with Crippen LogP contribution in [-0.2, 0) is 4.79 Å². The summed E-state index contributed by atoms with van der Waals surface area (Å²) in [5.74, 6) is -0.588. The fourth-order valence-corrected chi connectivity index (χ4v) is 1.68. The second-order valence-electron chi connectivity index (χ2n) is 3.51. The highest BCUT2D eigenvalue weighted by atomic mass is 16.5. The van der Waals surface area contributed by atoms with Crippen LogP contribution in [0.25, 0.3) is 0 Å². The van der Waals surface area contributed by atoms with E-state index in [0.717, 1.165) is 0 Å². The second-order valence-corrected chi connectivity index (χ2v) is 3.51. The van der Waals surface area contributed by atoms with Crippen LogP contribution in [0.1, 0.15) is 17.3 Å². The SMILES string of the molecule is CC(=O)N1CCOc2ccc(C(=O)O)cc21. The molecule has 1 aromatic rings. The van der Waals surface area contributed by atoms with Crippen LogP contribution >= 0.6 is 0 Å². The maximum Gasteiger partial charge on any atom is 0.335 e. The first-order valence-electron chi connectivity index (χ1n) is 4.88. The molecule has 1 heterocycles. The fraction of sp³-hybridized carbons (Fsp3) is 0.273. The highest BCUT2D eigenvalue weighted by Crippen LogP contribution is 2.32. The highest BCUT2D eigenvalue weighted by molar-refractivity contribution is 5.96. The number of rotatable bonds is 1. The lowest BCUT2D eigenvalue weighted by molar-refractivity contribution is -0.116. The lowest BCUT2D eigenvalue weighted by Crippen LogP contribution is -2.36. The Kier molecular flexibility index (Phi) is 2.52. The van der Waals surface area contributed by atoms with Gasteiger partial charge in [0.05, 0.1) is 17.8 Å². The second kappa shape index (κ2) is 3.84. The number of amides is 1. The summed E-state index contributed by atoms with van der Waals surface area (Å²) in [5, 5.41) is 8.87. The average molecular weight is 221 g/mol. The first-order valence-corrected chi connectivity index (χ1v) is 4.88. The smallest absolute Gasteiger partial charge is 0.335 e.